The largest absolute Gasteiger partial charge is 0.334 e. The van der Waals surface area contributed by atoms with Crippen molar-refractivity contribution < 1.29 is 9.59 Å². The Balaban J connectivity index is 1.82. The van der Waals surface area contributed by atoms with Crippen LogP contribution in [0, 0.1) is 13.8 Å². The van der Waals surface area contributed by atoms with Crippen LogP contribution < -0.4 is 16.0 Å². The number of aryl methyl sites for hydroxylation is 2. The van der Waals surface area contributed by atoms with Crippen molar-refractivity contribution in [2.24, 2.45) is 0 Å². The zero-order valence-electron chi connectivity index (χ0n) is 14.0. The van der Waals surface area contributed by atoms with Gasteiger partial charge in [-0.2, -0.15) is 0 Å². The van der Waals surface area contributed by atoms with Gasteiger partial charge in [0.25, 0.3) is 0 Å². The molecule has 0 aliphatic heterocycles. The Morgan fingerprint density at radius 2 is 2.08 bits per heavy atom. The van der Waals surface area contributed by atoms with Gasteiger partial charge in [0.15, 0.2) is 4.34 Å². The van der Waals surface area contributed by atoms with Crippen LogP contribution in [-0.2, 0) is 4.79 Å². The predicted molar refractivity (Wildman–Crippen MR) is 102 cm³/mol. The molecular weight excluding hydrogens is 358 g/mol. The third kappa shape index (κ3) is 6.20. The highest BCUT2D eigenvalue weighted by Gasteiger charge is 2.11. The summed E-state index contributed by atoms with van der Waals surface area (Å²) < 4.78 is 0.646. The van der Waals surface area contributed by atoms with Crippen molar-refractivity contribution in [3.63, 3.8) is 0 Å². The van der Waals surface area contributed by atoms with Crippen molar-refractivity contribution >= 4 is 45.9 Å². The first kappa shape index (κ1) is 18.9. The van der Waals surface area contributed by atoms with Crippen molar-refractivity contribution in [2.45, 2.75) is 18.2 Å². The standard InChI is InChI=1S/C16H19N5O2S2/c1-4-7-17-14(23)19-13(22)9-24-16-21-20-15(25-16)18-12-6-5-10(2)11(3)8-12/h4-6,8H,1,7,9H2,2-3H3,(H,18,20)(H2,17,19,22,23). The van der Waals surface area contributed by atoms with E-state index in [1.807, 2.05) is 25.1 Å². The van der Waals surface area contributed by atoms with Crippen LogP contribution in [0.25, 0.3) is 0 Å². The number of benzene rings is 1. The molecule has 0 spiro atoms. The Hall–Kier alpha value is -2.39. The van der Waals surface area contributed by atoms with Gasteiger partial charge >= 0.3 is 6.03 Å². The van der Waals surface area contributed by atoms with E-state index in [1.165, 1.54) is 40.3 Å². The number of nitrogens with one attached hydrogen (secondary N) is 3. The zero-order valence-corrected chi connectivity index (χ0v) is 15.6. The van der Waals surface area contributed by atoms with Gasteiger partial charge in [-0.3, -0.25) is 10.1 Å². The molecule has 0 atom stereocenters. The van der Waals surface area contributed by atoms with Crippen LogP contribution in [0.15, 0.2) is 35.2 Å². The first-order chi connectivity index (χ1) is 12.0. The van der Waals surface area contributed by atoms with Crippen LogP contribution in [0.1, 0.15) is 11.1 Å². The second-order valence-electron chi connectivity index (χ2n) is 5.13. The van der Waals surface area contributed by atoms with Gasteiger partial charge in [-0.05, 0) is 37.1 Å². The molecule has 0 unspecified atom stereocenters. The number of hydrogen-bond donors (Lipinski definition) is 3. The fourth-order valence-corrected chi connectivity index (χ4v) is 3.33. The van der Waals surface area contributed by atoms with Crippen molar-refractivity contribution in [2.75, 3.05) is 17.6 Å². The molecule has 0 aliphatic carbocycles. The minimum atomic E-state index is -0.542. The molecule has 3 N–H and O–H groups in total. The van der Waals surface area contributed by atoms with Crippen LogP contribution in [0.3, 0.4) is 0 Å². The number of amides is 3. The molecule has 0 fully saturated rings. The lowest BCUT2D eigenvalue weighted by molar-refractivity contribution is -0.117. The molecule has 0 saturated heterocycles. The van der Waals surface area contributed by atoms with Gasteiger partial charge in [0.05, 0.1) is 5.75 Å². The maximum Gasteiger partial charge on any atom is 0.321 e. The second-order valence-corrected chi connectivity index (χ2v) is 7.33. The first-order valence-electron chi connectivity index (χ1n) is 7.47. The summed E-state index contributed by atoms with van der Waals surface area (Å²) in [4.78, 5) is 23.0. The topological polar surface area (TPSA) is 96.0 Å². The molecular formula is C16H19N5O2S2. The molecule has 2 aromatic rings. The lowest BCUT2D eigenvalue weighted by Crippen LogP contribution is -2.40. The summed E-state index contributed by atoms with van der Waals surface area (Å²) in [7, 11) is 0. The average Bonchev–Trinajstić information content (AvgIpc) is 3.02. The predicted octanol–water partition coefficient (Wildman–Crippen LogP) is 3.00. The molecule has 9 heteroatoms. The first-order valence-corrected chi connectivity index (χ1v) is 9.27. The fourth-order valence-electron chi connectivity index (χ4n) is 1.76. The summed E-state index contributed by atoms with van der Waals surface area (Å²) in [5, 5.41) is 16.6. The molecule has 7 nitrogen and oxygen atoms in total. The van der Waals surface area contributed by atoms with Gasteiger partial charge in [0, 0.05) is 12.2 Å². The van der Waals surface area contributed by atoms with E-state index in [2.05, 4.69) is 39.7 Å². The number of anilines is 2. The highest BCUT2D eigenvalue weighted by atomic mass is 32.2. The highest BCUT2D eigenvalue weighted by Crippen LogP contribution is 2.28. The summed E-state index contributed by atoms with van der Waals surface area (Å²) in [5.41, 5.74) is 3.35. The summed E-state index contributed by atoms with van der Waals surface area (Å²) in [6, 6.07) is 5.51. The molecule has 132 valence electrons. The maximum atomic E-state index is 11.7. The van der Waals surface area contributed by atoms with E-state index < -0.39 is 11.9 Å². The van der Waals surface area contributed by atoms with Gasteiger partial charge in [-0.15, -0.1) is 16.8 Å². The number of hydrogen-bond acceptors (Lipinski definition) is 7. The van der Waals surface area contributed by atoms with Crippen molar-refractivity contribution in [1.82, 2.24) is 20.8 Å². The van der Waals surface area contributed by atoms with Gasteiger partial charge in [0.1, 0.15) is 0 Å². The Morgan fingerprint density at radius 3 is 2.80 bits per heavy atom. The number of carbonyl (C=O) groups excluding carboxylic acids is 2. The lowest BCUT2D eigenvalue weighted by Gasteiger charge is -2.05. The van der Waals surface area contributed by atoms with Crippen molar-refractivity contribution in [3.05, 3.63) is 42.0 Å². The molecule has 1 aromatic carbocycles. The molecule has 0 aliphatic rings. The van der Waals surface area contributed by atoms with E-state index in [4.69, 9.17) is 0 Å². The van der Waals surface area contributed by atoms with Crippen LogP contribution in [0.4, 0.5) is 15.6 Å². The van der Waals surface area contributed by atoms with Gasteiger partial charge in [-0.1, -0.05) is 35.2 Å². The molecule has 0 bridgehead atoms. The third-order valence-corrected chi connectivity index (χ3v) is 5.12. The highest BCUT2D eigenvalue weighted by molar-refractivity contribution is 8.01. The molecule has 0 saturated carbocycles. The number of aromatic nitrogens is 2. The molecule has 25 heavy (non-hydrogen) atoms. The van der Waals surface area contributed by atoms with Crippen molar-refractivity contribution in [1.29, 1.82) is 0 Å². The Labute approximate surface area is 154 Å². The van der Waals surface area contributed by atoms with E-state index in [-0.39, 0.29) is 5.75 Å². The number of nitrogens with zero attached hydrogens (tertiary/aromatic N) is 2. The number of urea groups is 1. The van der Waals surface area contributed by atoms with Crippen LogP contribution in [-0.4, -0.2) is 34.4 Å². The van der Waals surface area contributed by atoms with Crippen molar-refractivity contribution in [3.8, 4) is 0 Å². The number of imide groups is 1. The minimum absolute atomic E-state index is 0.0831. The Bertz CT molecular complexity index is 776. The molecule has 2 rings (SSSR count). The quantitative estimate of drug-likeness (QED) is 0.507. The van der Waals surface area contributed by atoms with E-state index in [0.29, 0.717) is 16.0 Å². The Morgan fingerprint density at radius 1 is 1.28 bits per heavy atom. The number of rotatable bonds is 7. The number of carbonyl (C=O) groups is 2. The smallest absolute Gasteiger partial charge is 0.321 e. The minimum Gasteiger partial charge on any atom is -0.334 e. The summed E-state index contributed by atoms with van der Waals surface area (Å²) in [6.07, 6.45) is 1.53. The normalized spacial score (nSPS) is 10.2. The van der Waals surface area contributed by atoms with Crippen LogP contribution >= 0.6 is 23.1 Å². The zero-order chi connectivity index (χ0) is 18.2. The summed E-state index contributed by atoms with van der Waals surface area (Å²) in [5.74, 6) is -0.315. The van der Waals surface area contributed by atoms with Crippen LogP contribution in [0.5, 0.6) is 0 Å². The molecule has 1 aromatic heterocycles. The SMILES string of the molecule is C=CCNC(=O)NC(=O)CSc1nnc(Nc2ccc(C)c(C)c2)s1. The third-order valence-electron chi connectivity index (χ3n) is 3.15. The summed E-state index contributed by atoms with van der Waals surface area (Å²) >= 11 is 2.57. The lowest BCUT2D eigenvalue weighted by atomic mass is 10.1. The molecule has 0 radical (unpaired) electrons. The van der Waals surface area contributed by atoms with Crippen LogP contribution in [0.2, 0.25) is 0 Å². The molecule has 1 heterocycles. The monoisotopic (exact) mass is 377 g/mol. The van der Waals surface area contributed by atoms with E-state index in [1.54, 1.807) is 0 Å². The van der Waals surface area contributed by atoms with Gasteiger partial charge in [0.2, 0.25) is 11.0 Å². The summed E-state index contributed by atoms with van der Waals surface area (Å²) in [6.45, 7) is 7.88. The van der Waals surface area contributed by atoms with E-state index in [9.17, 15) is 9.59 Å². The van der Waals surface area contributed by atoms with Gasteiger partial charge < -0.3 is 10.6 Å². The second kappa shape index (κ2) is 9.19. The maximum absolute atomic E-state index is 11.7. The van der Waals surface area contributed by atoms with E-state index >= 15 is 0 Å². The average molecular weight is 377 g/mol. The fraction of sp³-hybridized carbons (Fsp3) is 0.250. The van der Waals surface area contributed by atoms with Gasteiger partial charge in [-0.25, -0.2) is 4.79 Å². The molecule has 3 amide bonds. The number of thioether (sulfide) groups is 1. The van der Waals surface area contributed by atoms with E-state index in [0.717, 1.165) is 5.69 Å². The Kier molecular flexibility index (Phi) is 6.96.